The number of nitrogens with two attached hydrogens (primary N) is 1. The summed E-state index contributed by atoms with van der Waals surface area (Å²) in [5, 5.41) is 4.02. The lowest BCUT2D eigenvalue weighted by molar-refractivity contribution is 0.00768. The largest absolute Gasteiger partial charge is 0.367 e. The summed E-state index contributed by atoms with van der Waals surface area (Å²) >= 11 is 0. The highest BCUT2D eigenvalue weighted by atomic mass is 16.5. The van der Waals surface area contributed by atoms with Crippen molar-refractivity contribution in [1.82, 2.24) is 10.1 Å². The van der Waals surface area contributed by atoms with Crippen molar-refractivity contribution >= 4 is 0 Å². The van der Waals surface area contributed by atoms with E-state index in [9.17, 15) is 0 Å². The van der Waals surface area contributed by atoms with E-state index in [4.69, 9.17) is 15.0 Å². The summed E-state index contributed by atoms with van der Waals surface area (Å²) in [6.07, 6.45) is 1.98. The molecule has 1 atom stereocenters. The van der Waals surface area contributed by atoms with Crippen molar-refractivity contribution in [1.29, 1.82) is 0 Å². The van der Waals surface area contributed by atoms with Crippen LogP contribution in [0.15, 0.2) is 4.52 Å². The van der Waals surface area contributed by atoms with Gasteiger partial charge in [0, 0.05) is 13.2 Å². The van der Waals surface area contributed by atoms with E-state index in [1.165, 1.54) is 0 Å². The molecule has 0 radical (unpaired) electrons. The molecule has 0 saturated carbocycles. The van der Waals surface area contributed by atoms with E-state index in [2.05, 4.69) is 10.1 Å². The predicted octanol–water partition coefficient (Wildman–Crippen LogP) is 1.33. The van der Waals surface area contributed by atoms with Gasteiger partial charge in [-0.15, -0.1) is 0 Å². The Labute approximate surface area is 95.3 Å². The Balaban J connectivity index is 2.26. The van der Waals surface area contributed by atoms with Crippen LogP contribution in [0.3, 0.4) is 0 Å². The van der Waals surface area contributed by atoms with E-state index in [0.29, 0.717) is 18.3 Å². The maximum atomic E-state index is 5.67. The van der Waals surface area contributed by atoms with Crippen molar-refractivity contribution in [3.63, 3.8) is 0 Å². The van der Waals surface area contributed by atoms with Crippen LogP contribution >= 0.6 is 0 Å². The first-order valence-corrected chi connectivity index (χ1v) is 5.67. The molecule has 0 spiro atoms. The van der Waals surface area contributed by atoms with Crippen molar-refractivity contribution in [3.05, 3.63) is 11.7 Å². The van der Waals surface area contributed by atoms with E-state index in [1.807, 2.05) is 20.8 Å². The molecule has 1 fully saturated rings. The molecule has 2 N–H and O–H groups in total. The van der Waals surface area contributed by atoms with E-state index in [0.717, 1.165) is 19.4 Å². The molecule has 1 aromatic heterocycles. The van der Waals surface area contributed by atoms with E-state index in [-0.39, 0.29) is 11.0 Å². The van der Waals surface area contributed by atoms with Crippen molar-refractivity contribution in [3.8, 4) is 0 Å². The molecule has 5 nitrogen and oxygen atoms in total. The molecule has 1 aliphatic rings. The molecule has 1 saturated heterocycles. The molecule has 0 aromatic carbocycles. The summed E-state index contributed by atoms with van der Waals surface area (Å²) < 4.78 is 10.9. The van der Waals surface area contributed by atoms with Crippen LogP contribution in [0.4, 0.5) is 0 Å². The van der Waals surface area contributed by atoms with Crippen LogP contribution in [0.1, 0.15) is 45.3 Å². The molecule has 1 unspecified atom stereocenters. The molecule has 2 heterocycles. The van der Waals surface area contributed by atoms with Crippen molar-refractivity contribution in [2.24, 2.45) is 5.73 Å². The maximum absolute atomic E-state index is 5.67. The third-order valence-corrected chi connectivity index (χ3v) is 3.21. The first kappa shape index (κ1) is 11.5. The van der Waals surface area contributed by atoms with Crippen LogP contribution in [0, 0.1) is 0 Å². The number of rotatable bonds is 3. The zero-order chi connectivity index (χ0) is 11.8. The highest BCUT2D eigenvalue weighted by molar-refractivity contribution is 5.07. The summed E-state index contributed by atoms with van der Waals surface area (Å²) in [6.45, 7) is 7.22. The SMILES string of the molecule is CC(C)(CN)c1nc(C2(C)CCCO2)no1. The molecule has 0 amide bonds. The number of hydrogen-bond donors (Lipinski definition) is 1. The van der Waals surface area contributed by atoms with Crippen LogP contribution in [-0.2, 0) is 15.8 Å². The van der Waals surface area contributed by atoms with E-state index < -0.39 is 0 Å². The Kier molecular flexibility index (Phi) is 2.75. The zero-order valence-electron chi connectivity index (χ0n) is 10.1. The van der Waals surface area contributed by atoms with Crippen molar-refractivity contribution in [2.45, 2.75) is 44.6 Å². The second-order valence-electron chi connectivity index (χ2n) is 5.19. The zero-order valence-corrected chi connectivity index (χ0v) is 10.1. The molecule has 1 aliphatic heterocycles. The second-order valence-corrected chi connectivity index (χ2v) is 5.19. The lowest BCUT2D eigenvalue weighted by Gasteiger charge is -2.18. The number of ether oxygens (including phenoxy) is 1. The predicted molar refractivity (Wildman–Crippen MR) is 58.9 cm³/mol. The van der Waals surface area contributed by atoms with Crippen LogP contribution in [-0.4, -0.2) is 23.3 Å². The molecule has 0 aliphatic carbocycles. The van der Waals surface area contributed by atoms with Crippen LogP contribution in [0.25, 0.3) is 0 Å². The molecule has 90 valence electrons. The van der Waals surface area contributed by atoms with Gasteiger partial charge < -0.3 is 15.0 Å². The average Bonchev–Trinajstić information content (AvgIpc) is 2.86. The fourth-order valence-electron chi connectivity index (χ4n) is 1.76. The van der Waals surface area contributed by atoms with Gasteiger partial charge in [-0.05, 0) is 33.6 Å². The summed E-state index contributed by atoms with van der Waals surface area (Å²) in [5.74, 6) is 1.23. The second kappa shape index (κ2) is 3.82. The van der Waals surface area contributed by atoms with Gasteiger partial charge in [-0.1, -0.05) is 5.16 Å². The summed E-state index contributed by atoms with van der Waals surface area (Å²) in [5.41, 5.74) is 5.01. The molecule has 0 bridgehead atoms. The minimum absolute atomic E-state index is 0.278. The van der Waals surface area contributed by atoms with Gasteiger partial charge >= 0.3 is 0 Å². The van der Waals surface area contributed by atoms with Gasteiger partial charge in [0.05, 0.1) is 5.41 Å². The molecule has 2 rings (SSSR count). The van der Waals surface area contributed by atoms with Gasteiger partial charge in [-0.2, -0.15) is 4.98 Å². The molecule has 16 heavy (non-hydrogen) atoms. The smallest absolute Gasteiger partial charge is 0.233 e. The van der Waals surface area contributed by atoms with Crippen LogP contribution in [0.2, 0.25) is 0 Å². The molecule has 5 heteroatoms. The van der Waals surface area contributed by atoms with Gasteiger partial charge in [-0.3, -0.25) is 0 Å². The monoisotopic (exact) mass is 225 g/mol. The number of nitrogens with zero attached hydrogens (tertiary/aromatic N) is 2. The van der Waals surface area contributed by atoms with Crippen molar-refractivity contribution < 1.29 is 9.26 Å². The fraction of sp³-hybridized carbons (Fsp3) is 0.818. The van der Waals surface area contributed by atoms with Crippen molar-refractivity contribution in [2.75, 3.05) is 13.2 Å². The highest BCUT2D eigenvalue weighted by Gasteiger charge is 2.38. The molecular weight excluding hydrogens is 206 g/mol. The summed E-state index contributed by atoms with van der Waals surface area (Å²) in [7, 11) is 0. The topological polar surface area (TPSA) is 74.2 Å². The first-order chi connectivity index (χ1) is 7.48. The Morgan fingerprint density at radius 3 is 2.81 bits per heavy atom. The Bertz CT molecular complexity index is 367. The van der Waals surface area contributed by atoms with Gasteiger partial charge in [-0.25, -0.2) is 0 Å². The maximum Gasteiger partial charge on any atom is 0.233 e. The quantitative estimate of drug-likeness (QED) is 0.840. The fourth-order valence-corrected chi connectivity index (χ4v) is 1.76. The van der Waals surface area contributed by atoms with Crippen LogP contribution in [0.5, 0.6) is 0 Å². The van der Waals surface area contributed by atoms with Gasteiger partial charge in [0.2, 0.25) is 11.7 Å². The lowest BCUT2D eigenvalue weighted by Crippen LogP contribution is -2.29. The normalized spacial score (nSPS) is 26.2. The standard InChI is InChI=1S/C11H19N3O2/c1-10(2,7-12)9-13-8(14-16-9)11(3)5-4-6-15-11/h4-7,12H2,1-3H3. The highest BCUT2D eigenvalue weighted by Crippen LogP contribution is 2.34. The van der Waals surface area contributed by atoms with Gasteiger partial charge in [0.25, 0.3) is 0 Å². The third-order valence-electron chi connectivity index (χ3n) is 3.21. The van der Waals surface area contributed by atoms with Gasteiger partial charge in [0.15, 0.2) is 0 Å². The number of hydrogen-bond acceptors (Lipinski definition) is 5. The summed E-state index contributed by atoms with van der Waals surface area (Å²) in [6, 6.07) is 0. The van der Waals surface area contributed by atoms with Gasteiger partial charge in [0.1, 0.15) is 5.60 Å². The molecule has 1 aromatic rings. The Morgan fingerprint density at radius 1 is 1.50 bits per heavy atom. The average molecular weight is 225 g/mol. The minimum atomic E-state index is -0.383. The third kappa shape index (κ3) is 1.85. The minimum Gasteiger partial charge on any atom is -0.367 e. The number of aromatic nitrogens is 2. The Hall–Kier alpha value is -0.940. The van der Waals surface area contributed by atoms with E-state index in [1.54, 1.807) is 0 Å². The van der Waals surface area contributed by atoms with E-state index >= 15 is 0 Å². The molecular formula is C11H19N3O2. The Morgan fingerprint density at radius 2 is 2.25 bits per heavy atom. The lowest BCUT2D eigenvalue weighted by atomic mass is 9.94. The first-order valence-electron chi connectivity index (χ1n) is 5.67. The van der Waals surface area contributed by atoms with Crippen LogP contribution < -0.4 is 5.73 Å². The summed E-state index contributed by atoms with van der Waals surface area (Å²) in [4.78, 5) is 4.42.